The van der Waals surface area contributed by atoms with Crippen LogP contribution in [0.15, 0.2) is 48.2 Å². The van der Waals surface area contributed by atoms with E-state index >= 15 is 0 Å². The Labute approximate surface area is 184 Å². The van der Waals surface area contributed by atoms with Gasteiger partial charge in [-0.25, -0.2) is 4.79 Å². The van der Waals surface area contributed by atoms with Crippen molar-refractivity contribution in [3.8, 4) is 0 Å². The third-order valence-corrected chi connectivity index (χ3v) is 5.71. The number of nitrogens with one attached hydrogen (secondary N) is 1. The molecule has 1 aromatic heterocycles. The smallest absolute Gasteiger partial charge is 0.445 e. The molecule has 2 heterocycles. The molecule has 1 saturated heterocycles. The van der Waals surface area contributed by atoms with E-state index in [9.17, 15) is 4.79 Å². The molecular formula is C23H32BN3O4. The van der Waals surface area contributed by atoms with Crippen LogP contribution in [0.4, 0.5) is 4.79 Å². The fraction of sp³-hybridized carbons (Fsp3) is 0.478. The van der Waals surface area contributed by atoms with Crippen molar-refractivity contribution in [1.29, 1.82) is 0 Å². The first-order valence-corrected chi connectivity index (χ1v) is 10.6. The molecule has 7 nitrogen and oxygen atoms in total. The lowest BCUT2D eigenvalue weighted by atomic mass is 9.77. The van der Waals surface area contributed by atoms with Gasteiger partial charge in [0.15, 0.2) is 0 Å². The third kappa shape index (κ3) is 5.77. The topological polar surface area (TPSA) is 74.6 Å². The highest BCUT2D eigenvalue weighted by atomic mass is 16.7. The van der Waals surface area contributed by atoms with Crippen molar-refractivity contribution in [1.82, 2.24) is 15.1 Å². The number of hydrogen-bond acceptors (Lipinski definition) is 5. The Morgan fingerprint density at radius 2 is 1.84 bits per heavy atom. The quantitative estimate of drug-likeness (QED) is 0.666. The van der Waals surface area contributed by atoms with E-state index in [0.717, 1.165) is 16.6 Å². The lowest BCUT2D eigenvalue weighted by Crippen LogP contribution is -2.41. The van der Waals surface area contributed by atoms with Gasteiger partial charge in [0.1, 0.15) is 6.61 Å². The summed E-state index contributed by atoms with van der Waals surface area (Å²) in [5.74, 6) is 0. The van der Waals surface area contributed by atoms with E-state index in [2.05, 4.69) is 24.3 Å². The predicted octanol–water partition coefficient (Wildman–Crippen LogP) is 4.41. The zero-order chi connectivity index (χ0) is 22.6. The molecule has 1 N–H and O–H groups in total. The maximum atomic E-state index is 12.3. The summed E-state index contributed by atoms with van der Waals surface area (Å²) >= 11 is 0. The number of benzene rings is 1. The van der Waals surface area contributed by atoms with Gasteiger partial charge in [0, 0.05) is 24.3 Å². The van der Waals surface area contributed by atoms with E-state index in [-0.39, 0.29) is 19.2 Å². The predicted molar refractivity (Wildman–Crippen MR) is 121 cm³/mol. The van der Waals surface area contributed by atoms with Crippen LogP contribution in [-0.4, -0.2) is 40.7 Å². The Kier molecular flexibility index (Phi) is 6.91. The summed E-state index contributed by atoms with van der Waals surface area (Å²) in [4.78, 5) is 12.3. The first-order valence-electron chi connectivity index (χ1n) is 10.6. The molecule has 1 aromatic carbocycles. The Morgan fingerprint density at radius 3 is 2.42 bits per heavy atom. The van der Waals surface area contributed by atoms with E-state index in [4.69, 9.17) is 14.0 Å². The fourth-order valence-electron chi connectivity index (χ4n) is 3.07. The minimum atomic E-state index is -0.582. The number of carbonyl (C=O) groups excluding carboxylic acids is 1. The molecule has 0 bridgehead atoms. The molecule has 8 heteroatoms. The number of amides is 1. The lowest BCUT2D eigenvalue weighted by Gasteiger charge is -2.32. The van der Waals surface area contributed by atoms with Gasteiger partial charge in [-0.1, -0.05) is 36.4 Å². The summed E-state index contributed by atoms with van der Waals surface area (Å²) < 4.78 is 19.6. The Hall–Kier alpha value is -2.58. The van der Waals surface area contributed by atoms with Crippen LogP contribution in [0.3, 0.4) is 0 Å². The molecule has 1 amide bonds. The largest absolute Gasteiger partial charge is 0.492 e. The van der Waals surface area contributed by atoms with E-state index < -0.39 is 24.4 Å². The molecule has 1 fully saturated rings. The van der Waals surface area contributed by atoms with Crippen molar-refractivity contribution in [2.45, 2.75) is 65.4 Å². The highest BCUT2D eigenvalue weighted by Gasteiger charge is 2.52. The molecule has 3 rings (SSSR count). The van der Waals surface area contributed by atoms with Gasteiger partial charge in [-0.2, -0.15) is 5.10 Å². The number of ether oxygens (including phenoxy) is 1. The zero-order valence-corrected chi connectivity index (χ0v) is 19.2. The molecule has 166 valence electrons. The number of nitrogens with zero attached hydrogens (tertiary/aromatic N) is 2. The van der Waals surface area contributed by atoms with Gasteiger partial charge in [-0.05, 0) is 52.6 Å². The summed E-state index contributed by atoms with van der Waals surface area (Å²) in [5.41, 5.74) is 1.68. The maximum Gasteiger partial charge on any atom is 0.492 e. The van der Waals surface area contributed by atoms with E-state index in [1.165, 1.54) is 0 Å². The molecule has 0 atom stereocenters. The van der Waals surface area contributed by atoms with E-state index in [1.54, 1.807) is 6.20 Å². The SMILES string of the molecule is CC(C)n1cc(C=C(CNC(=O)OCc2ccccc2)B2OC(C)(C)C(C)(C)O2)cn1. The van der Waals surface area contributed by atoms with Gasteiger partial charge in [0.05, 0.1) is 17.4 Å². The normalized spacial score (nSPS) is 17.8. The highest BCUT2D eigenvalue weighted by molar-refractivity contribution is 6.56. The standard InChI is InChI=1S/C23H32BN3O4/c1-17(2)27-15-19(13-26-27)12-20(24-30-22(3,4)23(5,6)31-24)14-25-21(28)29-16-18-10-8-7-9-11-18/h7-13,15,17H,14,16H2,1-6H3,(H,25,28). The number of hydrogen-bond donors (Lipinski definition) is 1. The molecule has 0 unspecified atom stereocenters. The van der Waals surface area contributed by atoms with Crippen molar-refractivity contribution in [2.75, 3.05) is 6.54 Å². The average Bonchev–Trinajstić information content (AvgIpc) is 3.26. The van der Waals surface area contributed by atoms with Crippen LogP contribution >= 0.6 is 0 Å². The van der Waals surface area contributed by atoms with Gasteiger partial charge in [0.25, 0.3) is 0 Å². The number of aromatic nitrogens is 2. The Morgan fingerprint density at radius 1 is 1.19 bits per heavy atom. The molecule has 2 aromatic rings. The van der Waals surface area contributed by atoms with Gasteiger partial charge < -0.3 is 19.4 Å². The van der Waals surface area contributed by atoms with Crippen LogP contribution in [0.1, 0.15) is 58.7 Å². The number of rotatable bonds is 7. The van der Waals surface area contributed by atoms with Crippen LogP contribution in [0.5, 0.6) is 0 Å². The van der Waals surface area contributed by atoms with Crippen LogP contribution in [0.25, 0.3) is 6.08 Å². The Balaban J connectivity index is 1.71. The van der Waals surface area contributed by atoms with Crippen LogP contribution in [0, 0.1) is 0 Å². The van der Waals surface area contributed by atoms with Crippen LogP contribution in [0.2, 0.25) is 0 Å². The molecule has 0 saturated carbocycles. The second-order valence-corrected chi connectivity index (χ2v) is 9.07. The average molecular weight is 425 g/mol. The second-order valence-electron chi connectivity index (χ2n) is 9.07. The van der Waals surface area contributed by atoms with Gasteiger partial charge in [0.2, 0.25) is 0 Å². The lowest BCUT2D eigenvalue weighted by molar-refractivity contribution is 0.00578. The van der Waals surface area contributed by atoms with E-state index in [1.807, 2.05) is 75.0 Å². The molecule has 1 aliphatic heterocycles. The van der Waals surface area contributed by atoms with Crippen molar-refractivity contribution in [3.05, 3.63) is 59.3 Å². The molecule has 31 heavy (non-hydrogen) atoms. The molecular weight excluding hydrogens is 393 g/mol. The second kappa shape index (κ2) is 9.28. The van der Waals surface area contributed by atoms with Crippen molar-refractivity contribution < 1.29 is 18.8 Å². The third-order valence-electron chi connectivity index (χ3n) is 5.71. The number of carbonyl (C=O) groups is 1. The maximum absolute atomic E-state index is 12.3. The summed E-state index contributed by atoms with van der Waals surface area (Å²) in [6, 6.07) is 9.82. The number of alkyl carbamates (subject to hydrolysis) is 1. The fourth-order valence-corrected chi connectivity index (χ4v) is 3.07. The minimum absolute atomic E-state index is 0.212. The highest BCUT2D eigenvalue weighted by Crippen LogP contribution is 2.38. The first-order chi connectivity index (χ1) is 14.6. The molecule has 1 aliphatic rings. The van der Waals surface area contributed by atoms with Crippen LogP contribution in [-0.2, 0) is 20.7 Å². The van der Waals surface area contributed by atoms with Gasteiger partial charge >= 0.3 is 13.2 Å². The van der Waals surface area contributed by atoms with Gasteiger partial charge in [-0.3, -0.25) is 4.68 Å². The summed E-state index contributed by atoms with van der Waals surface area (Å²) in [5, 5.41) is 7.21. The summed E-state index contributed by atoms with van der Waals surface area (Å²) in [6.45, 7) is 12.6. The monoisotopic (exact) mass is 425 g/mol. The van der Waals surface area contributed by atoms with E-state index in [0.29, 0.717) is 0 Å². The summed E-state index contributed by atoms with van der Waals surface area (Å²) in [7, 11) is -0.582. The minimum Gasteiger partial charge on any atom is -0.445 e. The molecule has 0 radical (unpaired) electrons. The molecule has 0 spiro atoms. The summed E-state index contributed by atoms with van der Waals surface area (Å²) in [6.07, 6.45) is 5.21. The van der Waals surface area contributed by atoms with Crippen molar-refractivity contribution >= 4 is 19.3 Å². The Bertz CT molecular complexity index is 906. The zero-order valence-electron chi connectivity index (χ0n) is 19.2. The van der Waals surface area contributed by atoms with Crippen molar-refractivity contribution in [2.24, 2.45) is 0 Å². The first kappa shape index (κ1) is 23.1. The van der Waals surface area contributed by atoms with Crippen LogP contribution < -0.4 is 5.32 Å². The van der Waals surface area contributed by atoms with Gasteiger partial charge in [-0.15, -0.1) is 0 Å². The molecule has 0 aliphatic carbocycles. The van der Waals surface area contributed by atoms with Crippen molar-refractivity contribution in [3.63, 3.8) is 0 Å².